The normalized spacial score (nSPS) is 15.1. The molecular weight excluding hydrogens is 478 g/mol. The van der Waals surface area contributed by atoms with Gasteiger partial charge in [0.2, 0.25) is 0 Å². The van der Waals surface area contributed by atoms with Crippen LogP contribution in [0.5, 0.6) is 11.5 Å². The largest absolute Gasteiger partial charge is 0.457 e. The van der Waals surface area contributed by atoms with Gasteiger partial charge < -0.3 is 14.6 Å². The third kappa shape index (κ3) is 5.08. The van der Waals surface area contributed by atoms with Crippen LogP contribution in [0.15, 0.2) is 103 Å². The predicted octanol–water partition coefficient (Wildman–Crippen LogP) is 8.16. The molecule has 5 heteroatoms. The van der Waals surface area contributed by atoms with Crippen LogP contribution in [0.4, 0.5) is 5.69 Å². The number of ether oxygens (including phenoxy) is 1. The zero-order chi connectivity index (χ0) is 25.2. The van der Waals surface area contributed by atoms with Crippen molar-refractivity contribution in [2.45, 2.75) is 13.0 Å². The Balaban J connectivity index is 1.13. The molecule has 6 rings (SSSR count). The Hall–Kier alpha value is -3.73. The summed E-state index contributed by atoms with van der Waals surface area (Å²) in [6, 6.07) is 33.8. The van der Waals surface area contributed by atoms with Crippen LogP contribution in [0.2, 0.25) is 5.02 Å². The lowest BCUT2D eigenvalue weighted by atomic mass is 9.94. The van der Waals surface area contributed by atoms with E-state index in [-0.39, 0.29) is 0 Å². The van der Waals surface area contributed by atoms with E-state index in [4.69, 9.17) is 16.3 Å². The first kappa shape index (κ1) is 23.7. The molecule has 1 atom stereocenters. The van der Waals surface area contributed by atoms with E-state index in [9.17, 15) is 0 Å². The number of nitrogens with one attached hydrogen (secondary N) is 1. The molecule has 1 aliphatic rings. The van der Waals surface area contributed by atoms with Crippen molar-refractivity contribution < 1.29 is 4.74 Å². The van der Waals surface area contributed by atoms with Gasteiger partial charge in [0.1, 0.15) is 11.5 Å². The lowest BCUT2D eigenvalue weighted by Gasteiger charge is -2.39. The topological polar surface area (TPSA) is 31.5 Å². The van der Waals surface area contributed by atoms with Crippen LogP contribution in [0.1, 0.15) is 18.5 Å². The number of halogens is 1. The maximum Gasteiger partial charge on any atom is 0.129 e. The number of H-pyrrole nitrogens is 1. The monoisotopic (exact) mass is 507 g/mol. The Morgan fingerprint density at radius 2 is 1.57 bits per heavy atom. The average molecular weight is 508 g/mol. The van der Waals surface area contributed by atoms with Crippen molar-refractivity contribution in [2.75, 3.05) is 31.1 Å². The Kier molecular flexibility index (Phi) is 6.60. The van der Waals surface area contributed by atoms with Crippen LogP contribution in [-0.4, -0.2) is 36.1 Å². The van der Waals surface area contributed by atoms with E-state index in [0.29, 0.717) is 6.04 Å². The van der Waals surface area contributed by atoms with Gasteiger partial charge in [-0.2, -0.15) is 0 Å². The van der Waals surface area contributed by atoms with Crippen LogP contribution in [-0.2, 0) is 0 Å². The minimum Gasteiger partial charge on any atom is -0.457 e. The zero-order valence-electron chi connectivity index (χ0n) is 20.9. The van der Waals surface area contributed by atoms with E-state index in [1.807, 2.05) is 30.5 Å². The lowest BCUT2D eigenvalue weighted by molar-refractivity contribution is 0.199. The maximum absolute atomic E-state index is 6.21. The van der Waals surface area contributed by atoms with Gasteiger partial charge in [-0.1, -0.05) is 54.1 Å². The van der Waals surface area contributed by atoms with Gasteiger partial charge in [0.25, 0.3) is 0 Å². The molecule has 0 amide bonds. The van der Waals surface area contributed by atoms with Gasteiger partial charge in [0, 0.05) is 66.1 Å². The first-order valence-electron chi connectivity index (χ1n) is 12.8. The predicted molar refractivity (Wildman–Crippen MR) is 154 cm³/mol. The zero-order valence-corrected chi connectivity index (χ0v) is 21.7. The summed E-state index contributed by atoms with van der Waals surface area (Å²) in [5, 5.41) is 1.91. The highest BCUT2D eigenvalue weighted by Gasteiger charge is 2.24. The molecule has 0 saturated carbocycles. The van der Waals surface area contributed by atoms with Crippen molar-refractivity contribution in [3.63, 3.8) is 0 Å². The minimum atomic E-state index is 0.326. The van der Waals surface area contributed by atoms with Crippen molar-refractivity contribution in [2.24, 2.45) is 0 Å². The van der Waals surface area contributed by atoms with Crippen LogP contribution in [0, 0.1) is 0 Å². The molecule has 0 spiro atoms. The van der Waals surface area contributed by atoms with Gasteiger partial charge in [-0.15, -0.1) is 0 Å². The number of rotatable bonds is 6. The first-order chi connectivity index (χ1) is 18.1. The van der Waals surface area contributed by atoms with E-state index in [1.54, 1.807) is 0 Å². The quantitative estimate of drug-likeness (QED) is 0.251. The van der Waals surface area contributed by atoms with Gasteiger partial charge in [-0.05, 0) is 72.1 Å². The second-order valence-electron chi connectivity index (χ2n) is 9.62. The highest BCUT2D eigenvalue weighted by molar-refractivity contribution is 6.30. The van der Waals surface area contributed by atoms with Crippen molar-refractivity contribution >= 4 is 28.2 Å². The third-order valence-electron chi connectivity index (χ3n) is 7.37. The second kappa shape index (κ2) is 10.3. The van der Waals surface area contributed by atoms with E-state index in [0.717, 1.165) is 53.6 Å². The highest BCUT2D eigenvalue weighted by Crippen LogP contribution is 2.33. The summed E-state index contributed by atoms with van der Waals surface area (Å²) in [5.74, 6) is 1.71. The standard InChI is InChI=1S/C32H30ClN3O/c1-23(30-7-2-3-8-31(30)24-9-11-26(33)12-10-24)35-17-19-36(20-18-35)27-5-4-6-28(22-27)37-29-13-14-32-25(21-29)15-16-34-32/h2-16,21-23,34H,17-20H2,1H3. The van der Waals surface area contributed by atoms with Crippen LogP contribution >= 0.6 is 11.6 Å². The number of fused-ring (bicyclic) bond motifs is 1. The number of piperazine rings is 1. The molecule has 2 heterocycles. The number of aromatic nitrogens is 1. The fourth-order valence-electron chi connectivity index (χ4n) is 5.29. The summed E-state index contributed by atoms with van der Waals surface area (Å²) in [7, 11) is 0. The minimum absolute atomic E-state index is 0.326. The summed E-state index contributed by atoms with van der Waals surface area (Å²) in [6.07, 6.45) is 1.95. The number of anilines is 1. The molecule has 1 N–H and O–H groups in total. The molecule has 1 unspecified atom stereocenters. The SMILES string of the molecule is CC(c1ccccc1-c1ccc(Cl)cc1)N1CCN(c2cccc(Oc3ccc4[nH]ccc4c3)c2)CC1. The molecule has 186 valence electrons. The fraction of sp³-hybridized carbons (Fsp3) is 0.188. The molecule has 0 bridgehead atoms. The van der Waals surface area contributed by atoms with Gasteiger partial charge >= 0.3 is 0 Å². The average Bonchev–Trinajstić information content (AvgIpc) is 3.41. The number of hydrogen-bond acceptors (Lipinski definition) is 3. The molecule has 1 aromatic heterocycles. The molecule has 1 fully saturated rings. The van der Waals surface area contributed by atoms with E-state index < -0.39 is 0 Å². The molecule has 0 aliphatic carbocycles. The van der Waals surface area contributed by atoms with Crippen molar-refractivity contribution in [1.82, 2.24) is 9.88 Å². The van der Waals surface area contributed by atoms with Gasteiger partial charge in [-0.3, -0.25) is 4.90 Å². The summed E-state index contributed by atoms with van der Waals surface area (Å²) >= 11 is 6.13. The van der Waals surface area contributed by atoms with E-state index in [2.05, 4.69) is 94.5 Å². The Labute approximate surface area is 223 Å². The Morgan fingerprint density at radius 1 is 0.784 bits per heavy atom. The summed E-state index contributed by atoms with van der Waals surface area (Å²) in [4.78, 5) is 8.26. The van der Waals surface area contributed by atoms with Gasteiger partial charge in [0.15, 0.2) is 0 Å². The molecule has 1 aliphatic heterocycles. The van der Waals surface area contributed by atoms with Crippen LogP contribution < -0.4 is 9.64 Å². The van der Waals surface area contributed by atoms with E-state index in [1.165, 1.54) is 22.4 Å². The van der Waals surface area contributed by atoms with Gasteiger partial charge in [-0.25, -0.2) is 0 Å². The molecular formula is C32H30ClN3O. The highest BCUT2D eigenvalue weighted by atomic mass is 35.5. The number of hydrogen-bond donors (Lipinski definition) is 1. The summed E-state index contributed by atoms with van der Waals surface area (Å²) in [6.45, 7) is 6.29. The Bertz CT molecular complexity index is 1500. The van der Waals surface area contributed by atoms with Gasteiger partial charge in [0.05, 0.1) is 0 Å². The number of aromatic amines is 1. The lowest BCUT2D eigenvalue weighted by Crippen LogP contribution is -2.47. The van der Waals surface area contributed by atoms with E-state index >= 15 is 0 Å². The van der Waals surface area contributed by atoms with Crippen LogP contribution in [0.3, 0.4) is 0 Å². The third-order valence-corrected chi connectivity index (χ3v) is 7.62. The molecule has 37 heavy (non-hydrogen) atoms. The molecule has 0 radical (unpaired) electrons. The fourth-order valence-corrected chi connectivity index (χ4v) is 5.42. The number of benzene rings is 4. The van der Waals surface area contributed by atoms with Crippen LogP contribution in [0.25, 0.3) is 22.0 Å². The number of nitrogens with zero attached hydrogens (tertiary/aromatic N) is 2. The molecule has 1 saturated heterocycles. The summed E-state index contributed by atoms with van der Waals surface area (Å²) < 4.78 is 6.21. The Morgan fingerprint density at radius 3 is 2.41 bits per heavy atom. The first-order valence-corrected chi connectivity index (χ1v) is 13.2. The molecule has 4 aromatic carbocycles. The molecule has 4 nitrogen and oxygen atoms in total. The van der Waals surface area contributed by atoms with Crippen molar-refractivity contribution in [1.29, 1.82) is 0 Å². The smallest absolute Gasteiger partial charge is 0.129 e. The maximum atomic E-state index is 6.21. The van der Waals surface area contributed by atoms with Crippen molar-refractivity contribution in [3.8, 4) is 22.6 Å². The summed E-state index contributed by atoms with van der Waals surface area (Å²) in [5.41, 5.74) is 6.15. The molecule has 5 aromatic rings. The van der Waals surface area contributed by atoms with Crippen molar-refractivity contribution in [3.05, 3.63) is 114 Å². The second-order valence-corrected chi connectivity index (χ2v) is 10.1.